The molecule has 1 aliphatic heterocycles. The van der Waals surface area contributed by atoms with Gasteiger partial charge in [-0.2, -0.15) is 10.1 Å². The number of aromatic amines is 1. The van der Waals surface area contributed by atoms with Crippen LogP contribution in [0.5, 0.6) is 5.75 Å². The number of rotatable bonds is 12. The van der Waals surface area contributed by atoms with Gasteiger partial charge in [-0.15, -0.1) is 0 Å². The van der Waals surface area contributed by atoms with Crippen LogP contribution in [0.1, 0.15) is 32.6 Å². The van der Waals surface area contributed by atoms with E-state index in [1.54, 1.807) is 41.1 Å². The number of carboxylic acid groups (broad SMARTS) is 1. The Morgan fingerprint density at radius 1 is 1.38 bits per heavy atom. The Kier molecular flexibility index (Phi) is 8.06. The van der Waals surface area contributed by atoms with E-state index in [9.17, 15) is 19.3 Å². The molecule has 1 saturated heterocycles. The number of hydrogen-bond donors (Lipinski definition) is 4. The normalized spacial score (nSPS) is 24.0. The van der Waals surface area contributed by atoms with Gasteiger partial charge in [-0.3, -0.25) is 23.7 Å². The van der Waals surface area contributed by atoms with Crippen molar-refractivity contribution in [3.63, 3.8) is 0 Å². The molecule has 3 aromatic rings. The third-order valence-electron chi connectivity index (χ3n) is 6.72. The molecule has 2 aromatic heterocycles. The summed E-state index contributed by atoms with van der Waals surface area (Å²) in [6.45, 7) is 2.03. The Morgan fingerprint density at radius 3 is 2.90 bits per heavy atom. The summed E-state index contributed by atoms with van der Waals surface area (Å²) in [5.74, 6) is -1.01. The molecule has 5 N–H and O–H groups in total. The molecule has 214 valence electrons. The van der Waals surface area contributed by atoms with E-state index in [1.165, 1.54) is 13.3 Å². The maximum atomic E-state index is 13.8. The molecule has 2 fully saturated rings. The average molecular weight is 575 g/mol. The lowest BCUT2D eigenvalue weighted by molar-refractivity contribution is -0.171. The largest absolute Gasteiger partial charge is 0.480 e. The van der Waals surface area contributed by atoms with Crippen molar-refractivity contribution in [3.05, 3.63) is 52.6 Å². The Hall–Kier alpha value is -3.55. The number of nitrogen functional groups attached to an aromatic ring is 1. The van der Waals surface area contributed by atoms with E-state index >= 15 is 0 Å². The van der Waals surface area contributed by atoms with Crippen LogP contribution in [0.2, 0.25) is 0 Å². The van der Waals surface area contributed by atoms with E-state index in [1.807, 2.05) is 0 Å². The number of anilines is 1. The van der Waals surface area contributed by atoms with Crippen LogP contribution in [0, 0.1) is 5.41 Å². The second-order valence-corrected chi connectivity index (χ2v) is 11.6. The number of aromatic nitrogens is 4. The molecule has 1 aliphatic carbocycles. The van der Waals surface area contributed by atoms with Crippen LogP contribution >= 0.6 is 7.75 Å². The number of carbonyl (C=O) groups is 1. The SMILES string of the molecule is C[C@H](NP(=O)(OC[C@@]1(COC2CCCCO2)C/C1=C/n1cnc2c(=O)[nH]c(N)nc21)Oc1ccccc1)C(=O)O. The fraction of sp³-hybridized carbons (Fsp3) is 0.440. The third-order valence-corrected chi connectivity index (χ3v) is 8.34. The number of carboxylic acids is 1. The molecule has 14 nitrogen and oxygen atoms in total. The number of imidazole rings is 1. The highest BCUT2D eigenvalue weighted by molar-refractivity contribution is 7.52. The first-order valence-electron chi connectivity index (χ1n) is 12.8. The topological polar surface area (TPSA) is 193 Å². The van der Waals surface area contributed by atoms with E-state index in [2.05, 4.69) is 20.0 Å². The monoisotopic (exact) mass is 574 g/mol. The number of nitrogens with zero attached hydrogens (tertiary/aromatic N) is 3. The van der Waals surface area contributed by atoms with Crippen molar-refractivity contribution < 1.29 is 33.0 Å². The van der Waals surface area contributed by atoms with Crippen LogP contribution in [0.3, 0.4) is 0 Å². The first kappa shape index (κ1) is 28.0. The maximum absolute atomic E-state index is 13.8. The lowest BCUT2D eigenvalue weighted by atomic mass is 10.1. The van der Waals surface area contributed by atoms with Crippen molar-refractivity contribution in [1.82, 2.24) is 24.6 Å². The summed E-state index contributed by atoms with van der Waals surface area (Å²) in [5.41, 5.74) is 5.80. The molecule has 4 atom stereocenters. The molecule has 15 heteroatoms. The first-order chi connectivity index (χ1) is 19.2. The van der Waals surface area contributed by atoms with Crippen molar-refractivity contribution in [2.45, 2.75) is 44.9 Å². The highest BCUT2D eigenvalue weighted by Crippen LogP contribution is 2.56. The van der Waals surface area contributed by atoms with Crippen LogP contribution in [-0.2, 0) is 23.4 Å². The second-order valence-electron chi connectivity index (χ2n) is 9.86. The second kappa shape index (κ2) is 11.5. The number of para-hydroxylation sites is 1. The molecule has 0 spiro atoms. The van der Waals surface area contributed by atoms with Crippen molar-refractivity contribution in [2.24, 2.45) is 5.41 Å². The van der Waals surface area contributed by atoms with Crippen LogP contribution in [-0.4, -0.2) is 62.7 Å². The Bertz CT molecular complexity index is 1500. The molecule has 1 saturated carbocycles. The quantitative estimate of drug-likeness (QED) is 0.232. The standard InChI is InChI=1S/C25H31N6O8P/c1-16(23(33)34)30-40(35,39-18-7-3-2-4-8-18)38-14-25(13-37-19-9-5-6-10-36-19)11-17(25)12-31-15-27-20-21(31)28-24(26)29-22(20)32/h2-4,7-8,12,15-16,19H,5-6,9-11,13-14H2,1H3,(H,30,35)(H,33,34)(H3,26,28,29,32)/b17-12-/t16-,19?,25-,40?/m0/s1. The molecule has 40 heavy (non-hydrogen) atoms. The zero-order chi connectivity index (χ0) is 28.3. The number of aliphatic carboxylic acids is 1. The average Bonchev–Trinajstić information content (AvgIpc) is 3.46. The number of nitrogens with two attached hydrogens (primary N) is 1. The molecule has 1 aromatic carbocycles. The van der Waals surface area contributed by atoms with Gasteiger partial charge in [0.25, 0.3) is 5.56 Å². The summed E-state index contributed by atoms with van der Waals surface area (Å²) in [7, 11) is -4.15. The number of benzene rings is 1. The predicted molar refractivity (Wildman–Crippen MR) is 144 cm³/mol. The minimum Gasteiger partial charge on any atom is -0.480 e. The van der Waals surface area contributed by atoms with E-state index < -0.39 is 30.7 Å². The van der Waals surface area contributed by atoms with E-state index in [0.29, 0.717) is 13.0 Å². The molecule has 3 heterocycles. The number of H-pyrrole nitrogens is 1. The highest BCUT2D eigenvalue weighted by Gasteiger charge is 2.52. The molecule has 2 aliphatic rings. The van der Waals surface area contributed by atoms with Gasteiger partial charge in [-0.1, -0.05) is 18.2 Å². The Balaban J connectivity index is 1.40. The third kappa shape index (κ3) is 6.43. The molecular weight excluding hydrogens is 543 g/mol. The fourth-order valence-corrected chi connectivity index (χ4v) is 5.92. The number of fused-ring (bicyclic) bond motifs is 1. The smallest absolute Gasteiger partial charge is 0.459 e. The molecular formula is C25H31N6O8P. The fourth-order valence-electron chi connectivity index (χ4n) is 4.34. The Labute approximate surface area is 229 Å². The van der Waals surface area contributed by atoms with Crippen LogP contribution in [0.25, 0.3) is 17.4 Å². The highest BCUT2D eigenvalue weighted by atomic mass is 31.2. The van der Waals surface area contributed by atoms with Gasteiger partial charge < -0.3 is 24.8 Å². The molecule has 0 radical (unpaired) electrons. The summed E-state index contributed by atoms with van der Waals surface area (Å²) in [4.78, 5) is 34.5. The van der Waals surface area contributed by atoms with Gasteiger partial charge in [0.05, 0.1) is 13.2 Å². The van der Waals surface area contributed by atoms with Gasteiger partial charge in [0.2, 0.25) is 5.95 Å². The summed E-state index contributed by atoms with van der Waals surface area (Å²) in [5, 5.41) is 11.9. The first-order valence-corrected chi connectivity index (χ1v) is 14.4. The van der Waals surface area contributed by atoms with Gasteiger partial charge in [-0.05, 0) is 50.3 Å². The minimum atomic E-state index is -4.15. The molecule has 2 unspecified atom stereocenters. The Morgan fingerprint density at radius 2 is 2.17 bits per heavy atom. The van der Waals surface area contributed by atoms with Crippen molar-refractivity contribution in [3.8, 4) is 5.75 Å². The van der Waals surface area contributed by atoms with Crippen molar-refractivity contribution in [1.29, 1.82) is 0 Å². The zero-order valence-corrected chi connectivity index (χ0v) is 22.7. The van der Waals surface area contributed by atoms with Gasteiger partial charge in [-0.25, -0.2) is 9.55 Å². The summed E-state index contributed by atoms with van der Waals surface area (Å²) in [6, 6.07) is 7.14. The molecule has 0 amide bonds. The van der Waals surface area contributed by atoms with Crippen LogP contribution in [0.4, 0.5) is 5.95 Å². The van der Waals surface area contributed by atoms with E-state index in [-0.39, 0.29) is 42.4 Å². The maximum Gasteiger partial charge on any atom is 0.459 e. The van der Waals surface area contributed by atoms with Gasteiger partial charge >= 0.3 is 13.7 Å². The number of nitrogens with one attached hydrogen (secondary N) is 2. The lowest BCUT2D eigenvalue weighted by Gasteiger charge is -2.27. The van der Waals surface area contributed by atoms with Gasteiger partial charge in [0, 0.05) is 18.2 Å². The number of hydrogen-bond acceptors (Lipinski definition) is 10. The number of ether oxygens (including phenoxy) is 2. The van der Waals surface area contributed by atoms with E-state index in [4.69, 9.17) is 24.3 Å². The van der Waals surface area contributed by atoms with Crippen LogP contribution in [0.15, 0.2) is 47.0 Å². The summed E-state index contributed by atoms with van der Waals surface area (Å²) >= 11 is 0. The van der Waals surface area contributed by atoms with E-state index in [0.717, 1.165) is 24.8 Å². The summed E-state index contributed by atoms with van der Waals surface area (Å²) in [6.07, 6.45) is 6.03. The molecule has 5 rings (SSSR count). The molecule has 0 bridgehead atoms. The zero-order valence-electron chi connectivity index (χ0n) is 21.8. The summed E-state index contributed by atoms with van der Waals surface area (Å²) < 4.78 is 38.7. The van der Waals surface area contributed by atoms with Gasteiger partial charge in [0.15, 0.2) is 17.5 Å². The minimum absolute atomic E-state index is 0.0431. The van der Waals surface area contributed by atoms with Crippen molar-refractivity contribution >= 4 is 37.0 Å². The van der Waals surface area contributed by atoms with Gasteiger partial charge in [0.1, 0.15) is 18.1 Å². The van der Waals surface area contributed by atoms with Crippen LogP contribution < -0.4 is 20.9 Å². The lowest BCUT2D eigenvalue weighted by Crippen LogP contribution is -2.34. The predicted octanol–water partition coefficient (Wildman–Crippen LogP) is 2.74. The van der Waals surface area contributed by atoms with Crippen molar-refractivity contribution in [2.75, 3.05) is 25.6 Å².